The molecule has 0 spiro atoms. The molecule has 0 bridgehead atoms. The Kier molecular flexibility index (Phi) is 5.28. The Labute approximate surface area is 160 Å². The first kappa shape index (κ1) is 17.8. The van der Waals surface area contributed by atoms with Crippen molar-refractivity contribution in [1.29, 1.82) is 0 Å². The minimum atomic E-state index is -0.389. The van der Waals surface area contributed by atoms with E-state index in [2.05, 4.69) is 28.6 Å². The summed E-state index contributed by atoms with van der Waals surface area (Å²) in [5.74, 6) is 0.901. The second-order valence-corrected chi connectivity index (χ2v) is 7.69. The van der Waals surface area contributed by atoms with Crippen molar-refractivity contribution in [2.45, 2.75) is 51.3 Å². The monoisotopic (exact) mass is 365 g/mol. The Bertz CT molecular complexity index is 774. The van der Waals surface area contributed by atoms with E-state index in [9.17, 15) is 4.79 Å². The molecule has 1 aliphatic heterocycles. The largest absolute Gasteiger partial charge is 0.445 e. The molecule has 2 aliphatic rings. The van der Waals surface area contributed by atoms with Crippen LogP contribution >= 0.6 is 0 Å². The third-order valence-corrected chi connectivity index (χ3v) is 5.94. The van der Waals surface area contributed by atoms with Gasteiger partial charge in [-0.2, -0.15) is 0 Å². The fourth-order valence-corrected chi connectivity index (χ4v) is 4.51. The molecule has 0 radical (unpaired) electrons. The van der Waals surface area contributed by atoms with E-state index >= 15 is 0 Å². The zero-order valence-electron chi connectivity index (χ0n) is 15.7. The van der Waals surface area contributed by atoms with Gasteiger partial charge in [-0.1, -0.05) is 50.1 Å². The number of amides is 1. The molecule has 5 nitrogen and oxygen atoms in total. The van der Waals surface area contributed by atoms with Gasteiger partial charge in [-0.05, 0) is 36.5 Å². The molecule has 0 saturated heterocycles. The van der Waals surface area contributed by atoms with E-state index in [1.807, 2.05) is 36.4 Å². The number of carbonyl (C=O) groups is 1. The van der Waals surface area contributed by atoms with Gasteiger partial charge in [-0.3, -0.25) is 4.98 Å². The normalized spacial score (nSPS) is 24.7. The molecule has 5 heteroatoms. The SMILES string of the molecule is C[C@@H]1C(NC(=O)OCc2ccccc2)c2ncccc2N[C@H]1C1CCCC1. The molecular weight excluding hydrogens is 338 g/mol. The number of nitrogens with one attached hydrogen (secondary N) is 2. The first-order chi connectivity index (χ1) is 13.2. The van der Waals surface area contributed by atoms with Crippen LogP contribution in [-0.4, -0.2) is 17.1 Å². The van der Waals surface area contributed by atoms with E-state index < -0.39 is 0 Å². The first-order valence-corrected chi connectivity index (χ1v) is 9.91. The number of fused-ring (bicyclic) bond motifs is 1. The molecule has 142 valence electrons. The third kappa shape index (κ3) is 3.92. The summed E-state index contributed by atoms with van der Waals surface area (Å²) < 4.78 is 5.46. The number of benzene rings is 1. The van der Waals surface area contributed by atoms with Crippen molar-refractivity contribution in [2.75, 3.05) is 5.32 Å². The molecule has 3 atom stereocenters. The van der Waals surface area contributed by atoms with Crippen molar-refractivity contribution < 1.29 is 9.53 Å². The highest BCUT2D eigenvalue weighted by Gasteiger charge is 2.40. The number of carbonyl (C=O) groups excluding carboxylic acids is 1. The highest BCUT2D eigenvalue weighted by molar-refractivity contribution is 5.69. The number of alkyl carbamates (subject to hydrolysis) is 1. The van der Waals surface area contributed by atoms with Crippen LogP contribution in [0.4, 0.5) is 10.5 Å². The maximum Gasteiger partial charge on any atom is 0.408 e. The fraction of sp³-hybridized carbons (Fsp3) is 0.455. The van der Waals surface area contributed by atoms with Crippen LogP contribution in [0.2, 0.25) is 0 Å². The second-order valence-electron chi connectivity index (χ2n) is 7.69. The fourth-order valence-electron chi connectivity index (χ4n) is 4.51. The zero-order chi connectivity index (χ0) is 18.6. The predicted molar refractivity (Wildman–Crippen MR) is 105 cm³/mol. The summed E-state index contributed by atoms with van der Waals surface area (Å²) in [5.41, 5.74) is 2.91. The Morgan fingerprint density at radius 2 is 1.96 bits per heavy atom. The summed E-state index contributed by atoms with van der Waals surface area (Å²) in [6.07, 6.45) is 6.50. The topological polar surface area (TPSA) is 63.2 Å². The summed E-state index contributed by atoms with van der Waals surface area (Å²) in [6, 6.07) is 13.9. The molecule has 2 heterocycles. The lowest BCUT2D eigenvalue weighted by Gasteiger charge is -2.41. The van der Waals surface area contributed by atoms with E-state index in [1.54, 1.807) is 6.20 Å². The summed E-state index contributed by atoms with van der Waals surface area (Å²) in [6.45, 7) is 2.48. The van der Waals surface area contributed by atoms with Gasteiger partial charge in [0.05, 0.1) is 17.4 Å². The zero-order valence-corrected chi connectivity index (χ0v) is 15.7. The summed E-state index contributed by atoms with van der Waals surface area (Å²) >= 11 is 0. The molecule has 1 fully saturated rings. The minimum Gasteiger partial charge on any atom is -0.445 e. The van der Waals surface area contributed by atoms with Gasteiger partial charge in [0.1, 0.15) is 6.61 Å². The number of nitrogens with zero attached hydrogens (tertiary/aromatic N) is 1. The molecule has 1 aliphatic carbocycles. The summed E-state index contributed by atoms with van der Waals surface area (Å²) in [7, 11) is 0. The van der Waals surface area contributed by atoms with Crippen molar-refractivity contribution >= 4 is 11.8 Å². The van der Waals surface area contributed by atoms with Gasteiger partial charge in [0.15, 0.2) is 0 Å². The van der Waals surface area contributed by atoms with Gasteiger partial charge in [0, 0.05) is 18.2 Å². The number of hydrogen-bond acceptors (Lipinski definition) is 4. The lowest BCUT2D eigenvalue weighted by molar-refractivity contribution is 0.128. The number of ether oxygens (including phenoxy) is 1. The lowest BCUT2D eigenvalue weighted by Crippen LogP contribution is -2.47. The lowest BCUT2D eigenvalue weighted by atomic mass is 9.79. The average Bonchev–Trinajstić information content (AvgIpc) is 3.24. The van der Waals surface area contributed by atoms with E-state index in [1.165, 1.54) is 25.7 Å². The minimum absolute atomic E-state index is 0.142. The molecular formula is C22H27N3O2. The van der Waals surface area contributed by atoms with Crippen LogP contribution in [0.5, 0.6) is 0 Å². The van der Waals surface area contributed by atoms with Gasteiger partial charge < -0.3 is 15.4 Å². The van der Waals surface area contributed by atoms with Crippen LogP contribution in [0.3, 0.4) is 0 Å². The highest BCUT2D eigenvalue weighted by Crippen LogP contribution is 2.41. The molecule has 1 amide bonds. The van der Waals surface area contributed by atoms with Crippen LogP contribution < -0.4 is 10.6 Å². The molecule has 1 aromatic carbocycles. The maximum atomic E-state index is 12.5. The summed E-state index contributed by atoms with van der Waals surface area (Å²) in [5, 5.41) is 6.78. The van der Waals surface area contributed by atoms with Crippen molar-refractivity contribution in [1.82, 2.24) is 10.3 Å². The van der Waals surface area contributed by atoms with E-state index in [0.717, 1.165) is 16.9 Å². The Balaban J connectivity index is 1.48. The second kappa shape index (κ2) is 7.99. The van der Waals surface area contributed by atoms with Crippen LogP contribution in [0, 0.1) is 11.8 Å². The Hall–Kier alpha value is -2.56. The van der Waals surface area contributed by atoms with Crippen LogP contribution in [0.25, 0.3) is 0 Å². The van der Waals surface area contributed by atoms with Gasteiger partial charge >= 0.3 is 6.09 Å². The van der Waals surface area contributed by atoms with E-state index in [-0.39, 0.29) is 24.7 Å². The van der Waals surface area contributed by atoms with Crippen molar-refractivity contribution in [3.63, 3.8) is 0 Å². The average molecular weight is 365 g/mol. The molecule has 27 heavy (non-hydrogen) atoms. The molecule has 1 aromatic heterocycles. The number of hydrogen-bond donors (Lipinski definition) is 2. The van der Waals surface area contributed by atoms with Crippen LogP contribution in [0.1, 0.15) is 49.9 Å². The molecule has 1 unspecified atom stereocenters. The van der Waals surface area contributed by atoms with Gasteiger partial charge in [-0.15, -0.1) is 0 Å². The number of pyridine rings is 1. The molecule has 4 rings (SSSR count). The van der Waals surface area contributed by atoms with Gasteiger partial charge in [0.2, 0.25) is 0 Å². The van der Waals surface area contributed by atoms with Crippen LogP contribution in [0.15, 0.2) is 48.7 Å². The van der Waals surface area contributed by atoms with E-state index in [4.69, 9.17) is 4.74 Å². The first-order valence-electron chi connectivity index (χ1n) is 9.91. The number of anilines is 1. The predicted octanol–water partition coefficient (Wildman–Crippen LogP) is 4.67. The standard InChI is InChI=1S/C22H27N3O2/c1-15-19(17-10-5-6-11-17)24-18-12-7-13-23-21(18)20(15)25-22(26)27-14-16-8-3-2-4-9-16/h2-4,7-9,12-13,15,17,19-20,24H,5-6,10-11,14H2,1H3,(H,25,26)/t15-,19+,20?/m0/s1. The highest BCUT2D eigenvalue weighted by atomic mass is 16.5. The van der Waals surface area contributed by atoms with Gasteiger partial charge in [0.25, 0.3) is 0 Å². The maximum absolute atomic E-state index is 12.5. The van der Waals surface area contributed by atoms with Crippen molar-refractivity contribution in [2.24, 2.45) is 11.8 Å². The third-order valence-electron chi connectivity index (χ3n) is 5.94. The smallest absolute Gasteiger partial charge is 0.408 e. The van der Waals surface area contributed by atoms with Crippen molar-refractivity contribution in [3.8, 4) is 0 Å². The number of aromatic nitrogens is 1. The van der Waals surface area contributed by atoms with Crippen molar-refractivity contribution in [3.05, 3.63) is 59.9 Å². The molecule has 2 N–H and O–H groups in total. The quantitative estimate of drug-likeness (QED) is 0.826. The Morgan fingerprint density at radius 1 is 1.19 bits per heavy atom. The van der Waals surface area contributed by atoms with E-state index in [0.29, 0.717) is 12.0 Å². The molecule has 2 aromatic rings. The Morgan fingerprint density at radius 3 is 2.74 bits per heavy atom. The van der Waals surface area contributed by atoms with Gasteiger partial charge in [-0.25, -0.2) is 4.79 Å². The van der Waals surface area contributed by atoms with Crippen LogP contribution in [-0.2, 0) is 11.3 Å². The number of rotatable bonds is 4. The summed E-state index contributed by atoms with van der Waals surface area (Å²) in [4.78, 5) is 17.0. The molecule has 1 saturated carbocycles.